The van der Waals surface area contributed by atoms with E-state index >= 15 is 0 Å². The van der Waals surface area contributed by atoms with E-state index in [9.17, 15) is 4.79 Å². The first kappa shape index (κ1) is 13.0. The first-order valence-corrected chi connectivity index (χ1v) is 5.98. The van der Waals surface area contributed by atoms with Crippen molar-refractivity contribution in [2.45, 2.75) is 33.1 Å². The van der Waals surface area contributed by atoms with Crippen LogP contribution in [0.4, 0.5) is 0 Å². The van der Waals surface area contributed by atoms with Gasteiger partial charge in [0.1, 0.15) is 5.41 Å². The molecule has 1 saturated carbocycles. The van der Waals surface area contributed by atoms with Gasteiger partial charge in [0.15, 0.2) is 0 Å². The van der Waals surface area contributed by atoms with Gasteiger partial charge < -0.3 is 9.64 Å². The standard InChI is InChI=1S/C12H20N2O2/c1-3-14(8-9-16-4-2)11(15)12(10-13)6-5-7-12/h3-9H2,1-2H3. The van der Waals surface area contributed by atoms with Crippen molar-refractivity contribution in [3.63, 3.8) is 0 Å². The first-order valence-electron chi connectivity index (χ1n) is 5.98. The van der Waals surface area contributed by atoms with Gasteiger partial charge in [0, 0.05) is 19.7 Å². The molecular formula is C12H20N2O2. The van der Waals surface area contributed by atoms with Gasteiger partial charge in [-0.3, -0.25) is 4.79 Å². The fraction of sp³-hybridized carbons (Fsp3) is 0.833. The second-order valence-corrected chi connectivity index (χ2v) is 4.13. The van der Waals surface area contributed by atoms with Crippen LogP contribution in [-0.4, -0.2) is 37.1 Å². The van der Waals surface area contributed by atoms with Gasteiger partial charge in [-0.05, 0) is 33.1 Å². The molecule has 0 spiro atoms. The summed E-state index contributed by atoms with van der Waals surface area (Å²) in [4.78, 5) is 13.9. The molecule has 0 bridgehead atoms. The molecule has 1 aliphatic carbocycles. The van der Waals surface area contributed by atoms with Crippen LogP contribution >= 0.6 is 0 Å². The SMILES string of the molecule is CCOCCN(CC)C(=O)C1(C#N)CCC1. The Morgan fingerprint density at radius 1 is 1.50 bits per heavy atom. The van der Waals surface area contributed by atoms with Gasteiger partial charge in [0.2, 0.25) is 5.91 Å². The zero-order chi connectivity index (χ0) is 12.0. The molecule has 16 heavy (non-hydrogen) atoms. The van der Waals surface area contributed by atoms with Crippen molar-refractivity contribution in [3.05, 3.63) is 0 Å². The van der Waals surface area contributed by atoms with E-state index in [1.807, 2.05) is 13.8 Å². The van der Waals surface area contributed by atoms with Gasteiger partial charge >= 0.3 is 0 Å². The minimum absolute atomic E-state index is 0.0107. The number of rotatable bonds is 6. The number of likely N-dealkylation sites (N-methyl/N-ethyl adjacent to an activating group) is 1. The Morgan fingerprint density at radius 3 is 2.56 bits per heavy atom. The predicted octanol–water partition coefficient (Wildman–Crippen LogP) is 1.57. The Bertz CT molecular complexity index is 279. The topological polar surface area (TPSA) is 53.3 Å². The summed E-state index contributed by atoms with van der Waals surface area (Å²) in [5.41, 5.74) is -0.720. The number of amides is 1. The van der Waals surface area contributed by atoms with Crippen molar-refractivity contribution in [2.75, 3.05) is 26.3 Å². The second kappa shape index (κ2) is 5.86. The third kappa shape index (κ3) is 2.53. The molecule has 0 N–H and O–H groups in total. The minimum Gasteiger partial charge on any atom is -0.380 e. The average molecular weight is 224 g/mol. The van der Waals surface area contributed by atoms with Crippen LogP contribution < -0.4 is 0 Å². The summed E-state index contributed by atoms with van der Waals surface area (Å²) in [5, 5.41) is 9.09. The van der Waals surface area contributed by atoms with Crippen LogP contribution in [0.15, 0.2) is 0 Å². The van der Waals surface area contributed by atoms with Crippen molar-refractivity contribution in [2.24, 2.45) is 5.41 Å². The second-order valence-electron chi connectivity index (χ2n) is 4.13. The molecule has 0 aromatic rings. The number of nitriles is 1. The van der Waals surface area contributed by atoms with E-state index in [1.54, 1.807) is 4.90 Å². The molecule has 0 atom stereocenters. The summed E-state index contributed by atoms with van der Waals surface area (Å²) in [6.45, 7) is 6.32. The third-order valence-corrected chi connectivity index (χ3v) is 3.21. The number of hydrogen-bond acceptors (Lipinski definition) is 3. The van der Waals surface area contributed by atoms with Gasteiger partial charge in [0.05, 0.1) is 12.7 Å². The molecule has 0 saturated heterocycles. The monoisotopic (exact) mass is 224 g/mol. The van der Waals surface area contributed by atoms with Gasteiger partial charge in [0.25, 0.3) is 0 Å². The van der Waals surface area contributed by atoms with Gasteiger partial charge in [-0.1, -0.05) is 0 Å². The van der Waals surface area contributed by atoms with Crippen molar-refractivity contribution in [1.82, 2.24) is 4.90 Å². The lowest BCUT2D eigenvalue weighted by molar-refractivity contribution is -0.143. The summed E-state index contributed by atoms with van der Waals surface area (Å²) in [6, 6.07) is 2.19. The molecule has 1 aliphatic rings. The lowest BCUT2D eigenvalue weighted by Crippen LogP contribution is -2.48. The summed E-state index contributed by atoms with van der Waals surface area (Å²) in [5.74, 6) is -0.0107. The lowest BCUT2D eigenvalue weighted by atomic mass is 9.69. The van der Waals surface area contributed by atoms with Gasteiger partial charge in [-0.25, -0.2) is 0 Å². The molecule has 1 amide bonds. The quantitative estimate of drug-likeness (QED) is 0.643. The van der Waals surface area contributed by atoms with Crippen LogP contribution in [0.2, 0.25) is 0 Å². The fourth-order valence-corrected chi connectivity index (χ4v) is 1.93. The van der Waals surface area contributed by atoms with Crippen LogP contribution in [0.5, 0.6) is 0 Å². The van der Waals surface area contributed by atoms with E-state index in [-0.39, 0.29) is 5.91 Å². The molecule has 0 aromatic carbocycles. The van der Waals surface area contributed by atoms with E-state index in [4.69, 9.17) is 10.00 Å². The molecule has 90 valence electrons. The van der Waals surface area contributed by atoms with E-state index in [0.717, 1.165) is 6.42 Å². The van der Waals surface area contributed by atoms with Crippen LogP contribution in [0.1, 0.15) is 33.1 Å². The summed E-state index contributed by atoms with van der Waals surface area (Å²) < 4.78 is 5.24. The smallest absolute Gasteiger partial charge is 0.243 e. The Kier molecular flexibility index (Phi) is 4.75. The normalized spacial score (nSPS) is 17.3. The van der Waals surface area contributed by atoms with Crippen molar-refractivity contribution >= 4 is 5.91 Å². The number of carbonyl (C=O) groups excluding carboxylic acids is 1. The van der Waals surface area contributed by atoms with Crippen molar-refractivity contribution < 1.29 is 9.53 Å². The molecule has 4 nitrogen and oxygen atoms in total. The Hall–Kier alpha value is -1.08. The number of hydrogen-bond donors (Lipinski definition) is 0. The summed E-state index contributed by atoms with van der Waals surface area (Å²) in [7, 11) is 0. The maximum absolute atomic E-state index is 12.2. The maximum atomic E-state index is 12.2. The molecule has 4 heteroatoms. The van der Waals surface area contributed by atoms with Crippen molar-refractivity contribution in [3.8, 4) is 6.07 Å². The number of ether oxygens (including phenoxy) is 1. The molecule has 0 unspecified atom stereocenters. The molecule has 0 aromatic heterocycles. The van der Waals surface area contributed by atoms with Crippen LogP contribution in [0.25, 0.3) is 0 Å². The van der Waals surface area contributed by atoms with E-state index < -0.39 is 5.41 Å². The van der Waals surface area contributed by atoms with Crippen LogP contribution in [0.3, 0.4) is 0 Å². The summed E-state index contributed by atoms with van der Waals surface area (Å²) in [6.07, 6.45) is 2.42. The lowest BCUT2D eigenvalue weighted by Gasteiger charge is -2.37. The van der Waals surface area contributed by atoms with E-state index in [1.165, 1.54) is 0 Å². The molecular weight excluding hydrogens is 204 g/mol. The maximum Gasteiger partial charge on any atom is 0.243 e. The first-order chi connectivity index (χ1) is 7.70. The Labute approximate surface area is 97.2 Å². The molecule has 1 fully saturated rings. The minimum atomic E-state index is -0.720. The highest BCUT2D eigenvalue weighted by atomic mass is 16.5. The third-order valence-electron chi connectivity index (χ3n) is 3.21. The highest BCUT2D eigenvalue weighted by molar-refractivity contribution is 5.86. The van der Waals surface area contributed by atoms with E-state index in [2.05, 4.69) is 6.07 Å². The highest BCUT2D eigenvalue weighted by Crippen LogP contribution is 2.41. The van der Waals surface area contributed by atoms with E-state index in [0.29, 0.717) is 39.1 Å². The van der Waals surface area contributed by atoms with Gasteiger partial charge in [-0.2, -0.15) is 5.26 Å². The Morgan fingerprint density at radius 2 is 2.19 bits per heavy atom. The highest BCUT2D eigenvalue weighted by Gasteiger charge is 2.46. The largest absolute Gasteiger partial charge is 0.380 e. The fourth-order valence-electron chi connectivity index (χ4n) is 1.93. The molecule has 0 aliphatic heterocycles. The van der Waals surface area contributed by atoms with Gasteiger partial charge in [-0.15, -0.1) is 0 Å². The summed E-state index contributed by atoms with van der Waals surface area (Å²) >= 11 is 0. The molecule has 0 radical (unpaired) electrons. The zero-order valence-electron chi connectivity index (χ0n) is 10.2. The Balaban J connectivity index is 2.52. The molecule has 1 rings (SSSR count). The van der Waals surface area contributed by atoms with Crippen molar-refractivity contribution in [1.29, 1.82) is 5.26 Å². The molecule has 0 heterocycles. The number of nitrogens with zero attached hydrogens (tertiary/aromatic N) is 2. The average Bonchev–Trinajstić information content (AvgIpc) is 2.23. The zero-order valence-corrected chi connectivity index (χ0v) is 10.2. The predicted molar refractivity (Wildman–Crippen MR) is 60.6 cm³/mol. The number of carbonyl (C=O) groups is 1. The van der Waals surface area contributed by atoms with Crippen LogP contribution in [0, 0.1) is 16.7 Å². The van der Waals surface area contributed by atoms with Crippen LogP contribution in [-0.2, 0) is 9.53 Å².